The third kappa shape index (κ3) is 4.47. The van der Waals surface area contributed by atoms with Gasteiger partial charge in [0.05, 0.1) is 10.6 Å². The number of amides is 2. The van der Waals surface area contributed by atoms with Crippen LogP contribution >= 0.6 is 11.6 Å². The van der Waals surface area contributed by atoms with E-state index in [1.807, 2.05) is 23.1 Å². The van der Waals surface area contributed by atoms with Gasteiger partial charge in [0.15, 0.2) is 0 Å². The lowest BCUT2D eigenvalue weighted by atomic mass is 9.76. The van der Waals surface area contributed by atoms with Gasteiger partial charge >= 0.3 is 0 Å². The third-order valence-corrected chi connectivity index (χ3v) is 7.46. The average Bonchev–Trinajstić information content (AvgIpc) is 3.20. The quantitative estimate of drug-likeness (QED) is 0.325. The molecule has 0 bridgehead atoms. The Kier molecular flexibility index (Phi) is 6.51. The first-order valence-corrected chi connectivity index (χ1v) is 12.2. The molecule has 0 saturated carbocycles. The molecule has 1 heterocycles. The standard InChI is InChI=1S/C28H26ClFN4O2/c29-23-12-9-20(30)16-22(23)26(35)32-21-10-7-18(8-11-21)27(36)34-15-14-28(13-3-6-25(28)33-31)17-19-4-1-2-5-24(19)34/h1-2,4-12,16,33H,3,13-15,17,31H2,(H,32,35). The summed E-state index contributed by atoms with van der Waals surface area (Å²) in [5, 5.41) is 2.86. The van der Waals surface area contributed by atoms with Crippen molar-refractivity contribution in [3.63, 3.8) is 0 Å². The largest absolute Gasteiger partial charge is 0.328 e. The predicted molar refractivity (Wildman–Crippen MR) is 139 cm³/mol. The van der Waals surface area contributed by atoms with Crippen molar-refractivity contribution in [2.45, 2.75) is 25.7 Å². The lowest BCUT2D eigenvalue weighted by molar-refractivity contribution is 0.0983. The number of nitrogens with one attached hydrogen (secondary N) is 2. The second-order valence-corrected chi connectivity index (χ2v) is 9.66. The molecule has 0 fully saturated rings. The molecule has 0 saturated heterocycles. The summed E-state index contributed by atoms with van der Waals surface area (Å²) >= 11 is 6.04. The van der Waals surface area contributed by atoms with Crippen molar-refractivity contribution >= 4 is 34.8 Å². The number of carbonyl (C=O) groups excluding carboxylic acids is 2. The van der Waals surface area contributed by atoms with Crippen LogP contribution in [0.4, 0.5) is 15.8 Å². The number of hydrogen-bond donors (Lipinski definition) is 3. The number of allylic oxidation sites excluding steroid dienone is 2. The number of carbonyl (C=O) groups is 2. The number of benzene rings is 3. The van der Waals surface area contributed by atoms with Crippen LogP contribution in [-0.2, 0) is 6.42 Å². The second-order valence-electron chi connectivity index (χ2n) is 9.25. The molecule has 8 heteroatoms. The van der Waals surface area contributed by atoms with Gasteiger partial charge < -0.3 is 15.6 Å². The van der Waals surface area contributed by atoms with E-state index in [-0.39, 0.29) is 21.9 Å². The van der Waals surface area contributed by atoms with Crippen LogP contribution in [0.25, 0.3) is 0 Å². The van der Waals surface area contributed by atoms with Crippen LogP contribution in [0.3, 0.4) is 0 Å². The molecule has 2 amide bonds. The fourth-order valence-corrected chi connectivity index (χ4v) is 5.46. The maximum atomic E-state index is 13.6. The first-order chi connectivity index (χ1) is 17.4. The minimum Gasteiger partial charge on any atom is -0.328 e. The summed E-state index contributed by atoms with van der Waals surface area (Å²) in [4.78, 5) is 28.0. The zero-order valence-electron chi connectivity index (χ0n) is 19.6. The van der Waals surface area contributed by atoms with Gasteiger partial charge in [0, 0.05) is 34.6 Å². The van der Waals surface area contributed by atoms with Gasteiger partial charge in [0.2, 0.25) is 0 Å². The van der Waals surface area contributed by atoms with E-state index in [0.717, 1.165) is 48.7 Å². The van der Waals surface area contributed by atoms with Gasteiger partial charge in [-0.25, -0.2) is 4.39 Å². The summed E-state index contributed by atoms with van der Waals surface area (Å²) in [6.07, 6.45) is 5.73. The maximum Gasteiger partial charge on any atom is 0.258 e. The van der Waals surface area contributed by atoms with E-state index in [1.54, 1.807) is 24.3 Å². The zero-order valence-corrected chi connectivity index (χ0v) is 20.3. The smallest absolute Gasteiger partial charge is 0.258 e. The van der Waals surface area contributed by atoms with Gasteiger partial charge in [0.25, 0.3) is 11.8 Å². The molecular weight excluding hydrogens is 479 g/mol. The van der Waals surface area contributed by atoms with Crippen LogP contribution in [0.2, 0.25) is 5.02 Å². The fourth-order valence-electron chi connectivity index (χ4n) is 5.25. The van der Waals surface area contributed by atoms with Crippen LogP contribution < -0.4 is 21.5 Å². The number of rotatable bonds is 4. The third-order valence-electron chi connectivity index (χ3n) is 7.13. The molecule has 184 valence electrons. The first kappa shape index (κ1) is 24.0. The molecule has 3 aromatic rings. The second kappa shape index (κ2) is 9.76. The van der Waals surface area contributed by atoms with Crippen molar-refractivity contribution in [2.75, 3.05) is 16.8 Å². The summed E-state index contributed by atoms with van der Waals surface area (Å²) < 4.78 is 13.5. The van der Waals surface area contributed by atoms with Gasteiger partial charge in [-0.2, -0.15) is 0 Å². The number of anilines is 2. The van der Waals surface area contributed by atoms with Gasteiger partial charge in [-0.05, 0) is 79.8 Å². The Balaban J connectivity index is 1.37. The van der Waals surface area contributed by atoms with Crippen molar-refractivity contribution in [1.82, 2.24) is 5.43 Å². The van der Waals surface area contributed by atoms with Crippen molar-refractivity contribution in [2.24, 2.45) is 11.3 Å². The SMILES string of the molecule is NNC1=CCCC12CCN(C(=O)c1ccc(NC(=O)c3cc(F)ccc3Cl)cc1)c1ccccc1C2. The average molecular weight is 505 g/mol. The Hall–Kier alpha value is -3.68. The van der Waals surface area contributed by atoms with Crippen LogP contribution in [-0.4, -0.2) is 18.4 Å². The Labute approximate surface area is 213 Å². The van der Waals surface area contributed by atoms with Gasteiger partial charge in [-0.3, -0.25) is 15.4 Å². The predicted octanol–water partition coefficient (Wildman–Crippen LogP) is 5.45. The zero-order chi connectivity index (χ0) is 25.3. The Bertz CT molecular complexity index is 1360. The lowest BCUT2D eigenvalue weighted by Crippen LogP contribution is -2.37. The molecule has 1 atom stereocenters. The van der Waals surface area contributed by atoms with Crippen LogP contribution in [0, 0.1) is 11.2 Å². The van der Waals surface area contributed by atoms with Gasteiger partial charge in [-0.1, -0.05) is 35.9 Å². The molecule has 1 unspecified atom stereocenters. The van der Waals surface area contributed by atoms with Crippen LogP contribution in [0.1, 0.15) is 45.5 Å². The molecule has 5 rings (SSSR count). The Morgan fingerprint density at radius 2 is 1.81 bits per heavy atom. The summed E-state index contributed by atoms with van der Waals surface area (Å²) in [6, 6.07) is 18.3. The molecule has 0 radical (unpaired) electrons. The van der Waals surface area contributed by atoms with E-state index in [1.165, 1.54) is 12.1 Å². The first-order valence-electron chi connectivity index (χ1n) is 11.8. The normalized spacial score (nSPS) is 18.9. The topological polar surface area (TPSA) is 87.5 Å². The van der Waals surface area contributed by atoms with Crippen LogP contribution in [0.15, 0.2) is 78.5 Å². The van der Waals surface area contributed by atoms with E-state index >= 15 is 0 Å². The van der Waals surface area contributed by atoms with E-state index in [0.29, 0.717) is 17.8 Å². The van der Waals surface area contributed by atoms with Crippen molar-refractivity contribution < 1.29 is 14.0 Å². The summed E-state index contributed by atoms with van der Waals surface area (Å²) in [5.41, 5.74) is 6.87. The van der Waals surface area contributed by atoms with Crippen LogP contribution in [0.5, 0.6) is 0 Å². The van der Waals surface area contributed by atoms with E-state index < -0.39 is 11.7 Å². The number of nitrogens with two attached hydrogens (primary N) is 1. The highest BCUT2D eigenvalue weighted by Crippen LogP contribution is 2.47. The van der Waals surface area contributed by atoms with Crippen molar-refractivity contribution in [1.29, 1.82) is 0 Å². The molecule has 1 spiro atoms. The fraction of sp³-hybridized carbons (Fsp3) is 0.214. The molecule has 6 nitrogen and oxygen atoms in total. The molecule has 0 aromatic heterocycles. The monoisotopic (exact) mass is 504 g/mol. The lowest BCUT2D eigenvalue weighted by Gasteiger charge is -2.31. The van der Waals surface area contributed by atoms with Crippen molar-refractivity contribution in [3.8, 4) is 0 Å². The summed E-state index contributed by atoms with van der Waals surface area (Å²) in [5.74, 6) is 4.65. The molecule has 36 heavy (non-hydrogen) atoms. The number of para-hydroxylation sites is 1. The molecule has 3 aromatic carbocycles. The Morgan fingerprint density at radius 3 is 2.58 bits per heavy atom. The Morgan fingerprint density at radius 1 is 1.03 bits per heavy atom. The van der Waals surface area contributed by atoms with E-state index in [9.17, 15) is 14.0 Å². The highest BCUT2D eigenvalue weighted by atomic mass is 35.5. The molecule has 1 aliphatic carbocycles. The molecule has 4 N–H and O–H groups in total. The summed E-state index contributed by atoms with van der Waals surface area (Å²) in [6.45, 7) is 0.561. The minimum atomic E-state index is -0.549. The number of hydrogen-bond acceptors (Lipinski definition) is 4. The van der Waals surface area contributed by atoms with E-state index in [4.69, 9.17) is 17.4 Å². The number of nitrogens with zero attached hydrogens (tertiary/aromatic N) is 1. The highest BCUT2D eigenvalue weighted by molar-refractivity contribution is 6.34. The molecule has 2 aliphatic rings. The molecular formula is C28H26ClFN4O2. The number of halogens is 2. The highest BCUT2D eigenvalue weighted by Gasteiger charge is 2.41. The van der Waals surface area contributed by atoms with Gasteiger partial charge in [0.1, 0.15) is 5.82 Å². The van der Waals surface area contributed by atoms with E-state index in [2.05, 4.69) is 22.9 Å². The van der Waals surface area contributed by atoms with Crippen molar-refractivity contribution in [3.05, 3.63) is 106 Å². The minimum absolute atomic E-state index is 0.0409. The number of fused-ring (bicyclic) bond motifs is 1. The summed E-state index contributed by atoms with van der Waals surface area (Å²) in [7, 11) is 0. The molecule has 1 aliphatic heterocycles. The maximum absolute atomic E-state index is 13.6. The number of hydrazine groups is 1. The van der Waals surface area contributed by atoms with Gasteiger partial charge in [-0.15, -0.1) is 0 Å².